The maximum Gasteiger partial charge on any atom is 0.130 e. The van der Waals surface area contributed by atoms with Crippen molar-refractivity contribution in [2.45, 2.75) is 59.5 Å². The Labute approximate surface area is 121 Å². The normalized spacial score (nSPS) is 14.5. The predicted molar refractivity (Wildman–Crippen MR) is 80.9 cm³/mol. The molecule has 2 atom stereocenters. The SMILES string of the molecule is CCc1c(C)nn(C(c2ccc(C)o2)C(N)CC)c1C. The van der Waals surface area contributed by atoms with Gasteiger partial charge >= 0.3 is 0 Å². The first kappa shape index (κ1) is 14.9. The van der Waals surface area contributed by atoms with Crippen molar-refractivity contribution in [3.63, 3.8) is 0 Å². The zero-order valence-electron chi connectivity index (χ0n) is 13.1. The molecule has 4 nitrogen and oxygen atoms in total. The Balaban J connectivity index is 2.52. The summed E-state index contributed by atoms with van der Waals surface area (Å²) in [5, 5.41) is 4.71. The van der Waals surface area contributed by atoms with Crippen LogP contribution in [0.5, 0.6) is 0 Å². The van der Waals surface area contributed by atoms with Crippen molar-refractivity contribution in [2.24, 2.45) is 5.73 Å². The molecule has 0 aliphatic rings. The molecule has 0 radical (unpaired) electrons. The van der Waals surface area contributed by atoms with E-state index in [-0.39, 0.29) is 12.1 Å². The average molecular weight is 275 g/mol. The van der Waals surface area contributed by atoms with Crippen molar-refractivity contribution in [3.05, 3.63) is 40.6 Å². The highest BCUT2D eigenvalue weighted by Crippen LogP contribution is 2.28. The van der Waals surface area contributed by atoms with Gasteiger partial charge in [-0.1, -0.05) is 13.8 Å². The largest absolute Gasteiger partial charge is 0.464 e. The number of nitrogens with zero attached hydrogens (tertiary/aromatic N) is 2. The van der Waals surface area contributed by atoms with Crippen LogP contribution in [0.3, 0.4) is 0 Å². The van der Waals surface area contributed by atoms with E-state index in [1.165, 1.54) is 11.3 Å². The zero-order chi connectivity index (χ0) is 14.9. The molecular formula is C16H25N3O. The monoisotopic (exact) mass is 275 g/mol. The molecule has 2 unspecified atom stereocenters. The van der Waals surface area contributed by atoms with Gasteiger partial charge < -0.3 is 10.2 Å². The molecule has 2 rings (SSSR count). The van der Waals surface area contributed by atoms with Crippen LogP contribution in [0.1, 0.15) is 54.8 Å². The van der Waals surface area contributed by atoms with Crippen molar-refractivity contribution in [3.8, 4) is 0 Å². The van der Waals surface area contributed by atoms with Gasteiger partial charge in [0.2, 0.25) is 0 Å². The minimum Gasteiger partial charge on any atom is -0.464 e. The van der Waals surface area contributed by atoms with Crippen LogP contribution in [0.2, 0.25) is 0 Å². The van der Waals surface area contributed by atoms with E-state index in [0.29, 0.717) is 0 Å². The van der Waals surface area contributed by atoms with Gasteiger partial charge in [0.1, 0.15) is 17.6 Å². The van der Waals surface area contributed by atoms with Gasteiger partial charge in [-0.15, -0.1) is 0 Å². The number of aryl methyl sites for hydroxylation is 2. The third-order valence-electron chi connectivity index (χ3n) is 4.02. The fourth-order valence-electron chi connectivity index (χ4n) is 2.83. The van der Waals surface area contributed by atoms with Crippen molar-refractivity contribution < 1.29 is 4.42 Å². The lowest BCUT2D eigenvalue weighted by atomic mass is 10.0. The number of rotatable bonds is 5. The number of aromatic nitrogens is 2. The van der Waals surface area contributed by atoms with Gasteiger partial charge in [-0.05, 0) is 51.3 Å². The Bertz CT molecular complexity index is 583. The Hall–Kier alpha value is -1.55. The summed E-state index contributed by atoms with van der Waals surface area (Å²) in [6.07, 6.45) is 1.87. The number of hydrogen-bond donors (Lipinski definition) is 1. The fourth-order valence-corrected chi connectivity index (χ4v) is 2.83. The molecule has 4 heteroatoms. The maximum absolute atomic E-state index is 6.34. The topological polar surface area (TPSA) is 57.0 Å². The van der Waals surface area contributed by atoms with Crippen LogP contribution in [-0.4, -0.2) is 15.8 Å². The lowest BCUT2D eigenvalue weighted by Gasteiger charge is -2.23. The summed E-state index contributed by atoms with van der Waals surface area (Å²) in [6, 6.07) is 3.95. The molecule has 2 aromatic heterocycles. The van der Waals surface area contributed by atoms with Crippen molar-refractivity contribution in [1.82, 2.24) is 9.78 Å². The van der Waals surface area contributed by atoms with Gasteiger partial charge in [-0.25, -0.2) is 0 Å². The summed E-state index contributed by atoms with van der Waals surface area (Å²) >= 11 is 0. The Morgan fingerprint density at radius 2 is 1.95 bits per heavy atom. The lowest BCUT2D eigenvalue weighted by molar-refractivity contribution is 0.340. The summed E-state index contributed by atoms with van der Waals surface area (Å²) < 4.78 is 7.86. The highest BCUT2D eigenvalue weighted by atomic mass is 16.3. The van der Waals surface area contributed by atoms with E-state index < -0.39 is 0 Å². The standard InChI is InChI=1S/C16H25N3O/c1-6-13-11(4)18-19(12(13)5)16(14(17)7-2)15-9-8-10(3)20-15/h8-9,14,16H,6-7,17H2,1-5H3. The van der Waals surface area contributed by atoms with Crippen LogP contribution < -0.4 is 5.73 Å². The third kappa shape index (κ3) is 2.52. The summed E-state index contributed by atoms with van der Waals surface area (Å²) in [5.74, 6) is 1.80. The molecule has 0 amide bonds. The van der Waals surface area contributed by atoms with Crippen LogP contribution in [0.25, 0.3) is 0 Å². The average Bonchev–Trinajstić information content (AvgIpc) is 2.95. The van der Waals surface area contributed by atoms with Crippen molar-refractivity contribution in [1.29, 1.82) is 0 Å². The molecule has 0 saturated carbocycles. The molecule has 0 aliphatic heterocycles. The van der Waals surface area contributed by atoms with E-state index in [0.717, 1.165) is 30.1 Å². The molecule has 2 N–H and O–H groups in total. The van der Waals surface area contributed by atoms with E-state index in [9.17, 15) is 0 Å². The smallest absolute Gasteiger partial charge is 0.130 e. The molecular weight excluding hydrogens is 250 g/mol. The van der Waals surface area contributed by atoms with Crippen LogP contribution in [0, 0.1) is 20.8 Å². The van der Waals surface area contributed by atoms with E-state index in [2.05, 4.69) is 27.7 Å². The van der Waals surface area contributed by atoms with E-state index >= 15 is 0 Å². The van der Waals surface area contributed by atoms with Gasteiger partial charge in [0, 0.05) is 11.7 Å². The Kier molecular flexibility index (Phi) is 4.33. The van der Waals surface area contributed by atoms with Gasteiger partial charge in [0.15, 0.2) is 0 Å². The second-order valence-electron chi connectivity index (χ2n) is 5.41. The minimum absolute atomic E-state index is 0.0109. The summed E-state index contributed by atoms with van der Waals surface area (Å²) in [7, 11) is 0. The Morgan fingerprint density at radius 3 is 2.40 bits per heavy atom. The molecule has 2 heterocycles. The fraction of sp³-hybridized carbons (Fsp3) is 0.562. The van der Waals surface area contributed by atoms with Gasteiger partial charge in [0.25, 0.3) is 0 Å². The first-order valence-electron chi connectivity index (χ1n) is 7.36. The van der Waals surface area contributed by atoms with Crippen molar-refractivity contribution in [2.75, 3.05) is 0 Å². The number of nitrogens with two attached hydrogens (primary N) is 1. The highest BCUT2D eigenvalue weighted by molar-refractivity contribution is 5.26. The van der Waals surface area contributed by atoms with Crippen LogP contribution in [0.15, 0.2) is 16.5 Å². The predicted octanol–water partition coefficient (Wildman–Crippen LogP) is 3.29. The second kappa shape index (κ2) is 5.83. The second-order valence-corrected chi connectivity index (χ2v) is 5.41. The Morgan fingerprint density at radius 1 is 1.25 bits per heavy atom. The molecule has 20 heavy (non-hydrogen) atoms. The molecule has 0 fully saturated rings. The lowest BCUT2D eigenvalue weighted by Crippen LogP contribution is -2.33. The first-order valence-corrected chi connectivity index (χ1v) is 7.36. The zero-order valence-corrected chi connectivity index (χ0v) is 13.1. The minimum atomic E-state index is -0.0345. The van der Waals surface area contributed by atoms with E-state index in [1.807, 2.05) is 23.7 Å². The molecule has 110 valence electrons. The molecule has 0 aliphatic carbocycles. The quantitative estimate of drug-likeness (QED) is 0.911. The summed E-state index contributed by atoms with van der Waals surface area (Å²) in [6.45, 7) is 10.4. The summed E-state index contributed by atoms with van der Waals surface area (Å²) in [4.78, 5) is 0. The first-order chi connectivity index (χ1) is 9.49. The van der Waals surface area contributed by atoms with Crippen LogP contribution in [-0.2, 0) is 6.42 Å². The van der Waals surface area contributed by atoms with Gasteiger partial charge in [-0.2, -0.15) is 5.10 Å². The summed E-state index contributed by atoms with van der Waals surface area (Å²) in [5.41, 5.74) is 9.92. The molecule has 0 bridgehead atoms. The van der Waals surface area contributed by atoms with Gasteiger partial charge in [0.05, 0.1) is 5.69 Å². The van der Waals surface area contributed by atoms with Gasteiger partial charge in [-0.3, -0.25) is 4.68 Å². The van der Waals surface area contributed by atoms with Crippen LogP contribution in [0.4, 0.5) is 0 Å². The van der Waals surface area contributed by atoms with Crippen molar-refractivity contribution >= 4 is 0 Å². The van der Waals surface area contributed by atoms with E-state index in [1.54, 1.807) is 0 Å². The van der Waals surface area contributed by atoms with E-state index in [4.69, 9.17) is 15.2 Å². The molecule has 0 saturated heterocycles. The molecule has 0 spiro atoms. The number of furan rings is 1. The van der Waals surface area contributed by atoms with Crippen LogP contribution >= 0.6 is 0 Å². The maximum atomic E-state index is 6.34. The third-order valence-corrected chi connectivity index (χ3v) is 4.02. The molecule has 2 aromatic rings. The molecule has 0 aromatic carbocycles. The number of hydrogen-bond acceptors (Lipinski definition) is 3. The highest BCUT2D eigenvalue weighted by Gasteiger charge is 2.27.